The van der Waals surface area contributed by atoms with Gasteiger partial charge in [0.2, 0.25) is 0 Å². The fourth-order valence-electron chi connectivity index (χ4n) is 8.46. The summed E-state index contributed by atoms with van der Waals surface area (Å²) in [6, 6.07) is 4.38. The van der Waals surface area contributed by atoms with Gasteiger partial charge in [0.05, 0.1) is 12.2 Å². The summed E-state index contributed by atoms with van der Waals surface area (Å²) in [5, 5.41) is 27.0. The number of unbranched alkanes of at least 4 members (excludes halogenated alkanes) is 14. The predicted molar refractivity (Wildman–Crippen MR) is 189 cm³/mol. The van der Waals surface area contributed by atoms with Crippen molar-refractivity contribution in [1.82, 2.24) is 10.6 Å². The number of aliphatic hydroxyl groups excluding tert-OH is 2. The van der Waals surface area contributed by atoms with Gasteiger partial charge in [-0.05, 0) is 84.1 Å². The number of aryl methyl sites for hydroxylation is 3. The number of fused-ring (bicyclic) bond motifs is 1. The standard InChI is InChI=1S/C40H72N3O2.ClH/c1-32-39(44)27-25-36(41-32)22-17-13-9-5-3-7-11-15-20-34-30-35(38-24-19-29-43(38)31-34)21-16-12-8-4-6-10-14-18-23-37-26-28-40(45)33(2)42-37;/h30-33,36-37,39-42,44-45H,3-29H2,1-2H3;1H/q+1;/p-1/t32-,33-,36+,37+,39+,40+;/m0./s1. The van der Waals surface area contributed by atoms with E-state index in [1.165, 1.54) is 148 Å². The molecular formula is C40H72ClN3O2. The van der Waals surface area contributed by atoms with Crippen molar-refractivity contribution in [2.24, 2.45) is 0 Å². The maximum absolute atomic E-state index is 9.89. The van der Waals surface area contributed by atoms with E-state index in [9.17, 15) is 10.2 Å². The van der Waals surface area contributed by atoms with Gasteiger partial charge in [0.15, 0.2) is 11.9 Å². The highest BCUT2D eigenvalue weighted by Gasteiger charge is 2.26. The molecule has 0 radical (unpaired) electrons. The number of halogens is 1. The predicted octanol–water partition coefficient (Wildman–Crippen LogP) is 5.03. The molecule has 4 heterocycles. The number of aromatic nitrogens is 1. The highest BCUT2D eigenvalue weighted by molar-refractivity contribution is 5.23. The van der Waals surface area contributed by atoms with Crippen molar-refractivity contribution in [3.63, 3.8) is 0 Å². The van der Waals surface area contributed by atoms with Gasteiger partial charge in [0.25, 0.3) is 0 Å². The van der Waals surface area contributed by atoms with Crippen LogP contribution in [0.15, 0.2) is 12.3 Å². The Labute approximate surface area is 289 Å². The Morgan fingerprint density at radius 1 is 0.630 bits per heavy atom. The van der Waals surface area contributed by atoms with E-state index < -0.39 is 0 Å². The molecule has 1 aromatic heterocycles. The zero-order valence-corrected chi connectivity index (χ0v) is 30.7. The van der Waals surface area contributed by atoms with Crippen molar-refractivity contribution < 1.29 is 27.2 Å². The summed E-state index contributed by atoms with van der Waals surface area (Å²) in [6.07, 6.45) is 36.2. The normalized spacial score (nSPS) is 26.2. The first kappa shape index (κ1) is 39.7. The molecule has 0 saturated carbocycles. The number of nitrogens with zero attached hydrogens (tertiary/aromatic N) is 1. The summed E-state index contributed by atoms with van der Waals surface area (Å²) in [4.78, 5) is 0. The number of piperidine rings is 2. The second-order valence-corrected chi connectivity index (χ2v) is 15.4. The lowest BCUT2D eigenvalue weighted by Gasteiger charge is -2.32. The number of aliphatic hydroxyl groups is 2. The summed E-state index contributed by atoms with van der Waals surface area (Å²) in [5.74, 6) is 0. The molecule has 0 amide bonds. The summed E-state index contributed by atoms with van der Waals surface area (Å²) in [7, 11) is 0. The van der Waals surface area contributed by atoms with Gasteiger partial charge in [0, 0.05) is 48.1 Å². The molecule has 2 fully saturated rings. The topological polar surface area (TPSA) is 68.4 Å². The molecule has 0 bridgehead atoms. The zero-order valence-electron chi connectivity index (χ0n) is 29.9. The number of pyridine rings is 1. The van der Waals surface area contributed by atoms with Crippen LogP contribution < -0.4 is 27.6 Å². The Bertz CT molecular complexity index is 945. The number of nitrogens with one attached hydrogen (secondary N) is 2. The third-order valence-corrected chi connectivity index (χ3v) is 11.5. The van der Waals surface area contributed by atoms with Crippen molar-refractivity contribution >= 4 is 0 Å². The lowest BCUT2D eigenvalue weighted by Crippen LogP contribution is -3.00. The van der Waals surface area contributed by atoms with Crippen LogP contribution in [-0.2, 0) is 25.8 Å². The first-order valence-electron chi connectivity index (χ1n) is 19.9. The molecule has 4 rings (SSSR count). The third-order valence-electron chi connectivity index (χ3n) is 11.5. The van der Waals surface area contributed by atoms with Crippen molar-refractivity contribution in [2.45, 2.75) is 224 Å². The van der Waals surface area contributed by atoms with Gasteiger partial charge in [0.1, 0.15) is 6.54 Å². The molecule has 0 spiro atoms. The van der Waals surface area contributed by atoms with E-state index in [1.54, 1.807) is 16.8 Å². The average Bonchev–Trinajstić information content (AvgIpc) is 3.51. The van der Waals surface area contributed by atoms with Crippen LogP contribution in [0.1, 0.15) is 178 Å². The van der Waals surface area contributed by atoms with E-state index in [2.05, 4.69) is 41.3 Å². The molecule has 3 aliphatic rings. The van der Waals surface area contributed by atoms with E-state index in [4.69, 9.17) is 0 Å². The average molecular weight is 662 g/mol. The summed E-state index contributed by atoms with van der Waals surface area (Å²) >= 11 is 0. The molecule has 266 valence electrons. The summed E-state index contributed by atoms with van der Waals surface area (Å²) in [5.41, 5.74) is 4.89. The van der Waals surface area contributed by atoms with Crippen LogP contribution in [0.3, 0.4) is 0 Å². The van der Waals surface area contributed by atoms with Gasteiger partial charge in [-0.15, -0.1) is 0 Å². The first-order valence-corrected chi connectivity index (χ1v) is 19.9. The first-order chi connectivity index (χ1) is 22.0. The Balaban J connectivity index is 0.00000576. The minimum atomic E-state index is -0.146. The molecule has 2 saturated heterocycles. The molecule has 5 nitrogen and oxygen atoms in total. The molecular weight excluding hydrogens is 590 g/mol. The summed E-state index contributed by atoms with van der Waals surface area (Å²) in [6.45, 7) is 5.47. The van der Waals surface area contributed by atoms with E-state index in [-0.39, 0.29) is 36.7 Å². The van der Waals surface area contributed by atoms with Crippen LogP contribution in [0.2, 0.25) is 0 Å². The molecule has 0 aliphatic carbocycles. The fraction of sp³-hybridized carbons (Fsp3) is 0.875. The van der Waals surface area contributed by atoms with E-state index in [0.717, 1.165) is 25.7 Å². The third kappa shape index (κ3) is 14.4. The molecule has 3 aliphatic heterocycles. The molecule has 0 aromatic carbocycles. The Morgan fingerprint density at radius 3 is 1.59 bits per heavy atom. The fourth-order valence-corrected chi connectivity index (χ4v) is 8.46. The zero-order chi connectivity index (χ0) is 31.7. The number of hydrogen-bond donors (Lipinski definition) is 4. The highest BCUT2D eigenvalue weighted by Crippen LogP contribution is 2.22. The smallest absolute Gasteiger partial charge is 0.184 e. The van der Waals surface area contributed by atoms with E-state index in [0.29, 0.717) is 12.1 Å². The second-order valence-electron chi connectivity index (χ2n) is 15.4. The lowest BCUT2D eigenvalue weighted by atomic mass is 9.93. The van der Waals surface area contributed by atoms with Crippen LogP contribution in [0.25, 0.3) is 0 Å². The second kappa shape index (κ2) is 22.8. The molecule has 46 heavy (non-hydrogen) atoms. The van der Waals surface area contributed by atoms with Crippen LogP contribution in [-0.4, -0.2) is 46.6 Å². The minimum Gasteiger partial charge on any atom is -1.00 e. The quantitative estimate of drug-likeness (QED) is 0.104. The van der Waals surface area contributed by atoms with Gasteiger partial charge in [-0.25, -0.2) is 4.57 Å². The molecule has 4 N–H and O–H groups in total. The Hall–Kier alpha value is -0.720. The van der Waals surface area contributed by atoms with Crippen LogP contribution in [0, 0.1) is 0 Å². The van der Waals surface area contributed by atoms with Crippen molar-refractivity contribution in [1.29, 1.82) is 0 Å². The Kier molecular flexibility index (Phi) is 19.7. The summed E-state index contributed by atoms with van der Waals surface area (Å²) < 4.78 is 2.60. The van der Waals surface area contributed by atoms with E-state index >= 15 is 0 Å². The molecule has 6 atom stereocenters. The van der Waals surface area contributed by atoms with Gasteiger partial charge in [-0.2, -0.15) is 0 Å². The van der Waals surface area contributed by atoms with Crippen LogP contribution >= 0.6 is 0 Å². The number of rotatable bonds is 22. The van der Waals surface area contributed by atoms with Gasteiger partial charge in [-0.3, -0.25) is 0 Å². The van der Waals surface area contributed by atoms with Crippen molar-refractivity contribution in [3.05, 3.63) is 29.1 Å². The van der Waals surface area contributed by atoms with Crippen molar-refractivity contribution in [3.8, 4) is 0 Å². The largest absolute Gasteiger partial charge is 1.00 e. The minimum absolute atomic E-state index is 0. The van der Waals surface area contributed by atoms with Crippen molar-refractivity contribution in [2.75, 3.05) is 0 Å². The SMILES string of the molecule is C[C@@H]1N[C@H](CCCCCCCCCCc2cc(CCCCCCCCCC[C@@H]3CC[C@@H](O)[C@H](C)N3)c3[n+](c2)CCC3)CC[C@H]1O.[Cl-]. The Morgan fingerprint density at radius 2 is 1.09 bits per heavy atom. The van der Waals surface area contributed by atoms with Gasteiger partial charge < -0.3 is 33.3 Å². The van der Waals surface area contributed by atoms with Crippen LogP contribution in [0.4, 0.5) is 0 Å². The lowest BCUT2D eigenvalue weighted by molar-refractivity contribution is -0.691. The monoisotopic (exact) mass is 662 g/mol. The maximum Gasteiger partial charge on any atom is 0.184 e. The van der Waals surface area contributed by atoms with Gasteiger partial charge >= 0.3 is 0 Å². The molecule has 0 unspecified atom stereocenters. The molecule has 1 aromatic rings. The maximum atomic E-state index is 9.89. The van der Waals surface area contributed by atoms with Gasteiger partial charge in [-0.1, -0.05) is 89.9 Å². The highest BCUT2D eigenvalue weighted by atomic mass is 35.5. The van der Waals surface area contributed by atoms with E-state index in [1.807, 2.05) is 0 Å². The number of hydrogen-bond acceptors (Lipinski definition) is 4. The molecule has 6 heteroatoms. The van der Waals surface area contributed by atoms with Crippen LogP contribution in [0.5, 0.6) is 0 Å².